The summed E-state index contributed by atoms with van der Waals surface area (Å²) in [6.45, 7) is 7.64. The van der Waals surface area contributed by atoms with Crippen molar-refractivity contribution in [3.05, 3.63) is 19.6 Å². The first-order valence-electron chi connectivity index (χ1n) is 8.32. The minimum atomic E-state index is 1.12. The summed E-state index contributed by atoms with van der Waals surface area (Å²) >= 11 is 0. The van der Waals surface area contributed by atoms with Gasteiger partial charge in [0.15, 0.2) is 0 Å². The molecule has 0 aliphatic rings. The maximum atomic E-state index is 3.88. The fourth-order valence-electron chi connectivity index (χ4n) is 2.41. The molecule has 0 heteroatoms. The minimum absolute atomic E-state index is 1.12. The molecule has 0 saturated carbocycles. The summed E-state index contributed by atoms with van der Waals surface area (Å²) in [6, 6.07) is 0. The lowest BCUT2D eigenvalue weighted by molar-refractivity contribution is 0.538. The molecule has 0 amide bonds. The second kappa shape index (κ2) is 16.7. The van der Waals surface area contributed by atoms with E-state index in [1.54, 1.807) is 0 Å². The van der Waals surface area contributed by atoms with E-state index in [0.29, 0.717) is 0 Å². The van der Waals surface area contributed by atoms with E-state index < -0.39 is 0 Å². The molecular weight excluding hydrogens is 216 g/mol. The smallest absolute Gasteiger partial charge is 0.0353 e. The van der Waals surface area contributed by atoms with Gasteiger partial charge >= 0.3 is 0 Å². The van der Waals surface area contributed by atoms with Crippen molar-refractivity contribution in [1.82, 2.24) is 0 Å². The predicted octanol–water partition coefficient (Wildman–Crippen LogP) is 6.86. The van der Waals surface area contributed by atoms with Crippen molar-refractivity contribution in [1.29, 1.82) is 0 Å². The number of hydrogen-bond acceptors (Lipinski definition) is 0. The highest BCUT2D eigenvalue weighted by molar-refractivity contribution is 4.65. The Morgan fingerprint density at radius 2 is 0.833 bits per heavy atom. The van der Waals surface area contributed by atoms with E-state index in [2.05, 4.69) is 13.5 Å². The van der Waals surface area contributed by atoms with Crippen LogP contribution in [-0.4, -0.2) is 0 Å². The molecule has 0 spiro atoms. The van der Waals surface area contributed by atoms with Crippen LogP contribution in [0.3, 0.4) is 0 Å². The van der Waals surface area contributed by atoms with Gasteiger partial charge in [-0.1, -0.05) is 96.5 Å². The number of allylic oxidation sites excluding steroid dienone is 1. The highest BCUT2D eigenvalue weighted by atomic mass is 14.0. The van der Waals surface area contributed by atoms with Gasteiger partial charge in [0.1, 0.15) is 0 Å². The Labute approximate surface area is 116 Å². The van der Waals surface area contributed by atoms with Crippen molar-refractivity contribution in [2.75, 3.05) is 0 Å². The molecule has 18 heavy (non-hydrogen) atoms. The lowest BCUT2D eigenvalue weighted by Gasteiger charge is -2.02. The van der Waals surface area contributed by atoms with Crippen LogP contribution in [0.5, 0.6) is 0 Å². The van der Waals surface area contributed by atoms with Gasteiger partial charge in [0.25, 0.3) is 0 Å². The van der Waals surface area contributed by atoms with Crippen molar-refractivity contribution in [2.24, 2.45) is 0 Å². The number of unbranched alkanes of at least 4 members (excludes halogenated alkanes) is 14. The Hall–Kier alpha value is -0.260. The Bertz CT molecular complexity index is 148. The molecule has 0 aliphatic heterocycles. The summed E-state index contributed by atoms with van der Waals surface area (Å²) < 4.78 is 0. The van der Waals surface area contributed by atoms with Crippen LogP contribution < -0.4 is 0 Å². The summed E-state index contributed by atoms with van der Waals surface area (Å²) in [5.41, 5.74) is 0. The number of rotatable bonds is 15. The van der Waals surface area contributed by atoms with Crippen molar-refractivity contribution in [3.63, 3.8) is 0 Å². The van der Waals surface area contributed by atoms with Gasteiger partial charge in [-0.3, -0.25) is 0 Å². The monoisotopic (exact) mass is 251 g/mol. The fraction of sp³-hybridized carbons (Fsp3) is 0.833. The molecule has 107 valence electrons. The van der Waals surface area contributed by atoms with E-state index in [1.807, 2.05) is 6.08 Å². The molecule has 0 rings (SSSR count). The molecule has 0 aromatic carbocycles. The van der Waals surface area contributed by atoms with Gasteiger partial charge in [-0.05, 0) is 12.8 Å². The summed E-state index contributed by atoms with van der Waals surface area (Å²) in [4.78, 5) is 0. The average Bonchev–Trinajstić information content (AvgIpc) is 2.39. The molecule has 0 saturated heterocycles. The predicted molar refractivity (Wildman–Crippen MR) is 84.8 cm³/mol. The molecule has 0 aromatic rings. The lowest BCUT2D eigenvalue weighted by atomic mass is 10.0. The van der Waals surface area contributed by atoms with E-state index in [9.17, 15) is 0 Å². The summed E-state index contributed by atoms with van der Waals surface area (Å²) in [7, 11) is 0. The van der Waals surface area contributed by atoms with Crippen LogP contribution in [0.1, 0.15) is 96.3 Å². The van der Waals surface area contributed by atoms with E-state index in [0.717, 1.165) is 6.42 Å². The van der Waals surface area contributed by atoms with Gasteiger partial charge < -0.3 is 0 Å². The topological polar surface area (TPSA) is 0 Å². The summed E-state index contributed by atoms with van der Waals surface area (Å²) in [5.74, 6) is 0. The molecule has 0 atom stereocenters. The maximum Gasteiger partial charge on any atom is -0.0353 e. The summed E-state index contributed by atoms with van der Waals surface area (Å²) in [5, 5.41) is 0. The Morgan fingerprint density at radius 3 is 1.17 bits per heavy atom. The van der Waals surface area contributed by atoms with Gasteiger partial charge in [0.05, 0.1) is 0 Å². The molecule has 0 nitrogen and oxygen atoms in total. The van der Waals surface area contributed by atoms with Crippen molar-refractivity contribution >= 4 is 0 Å². The zero-order valence-electron chi connectivity index (χ0n) is 12.6. The zero-order valence-corrected chi connectivity index (χ0v) is 12.6. The van der Waals surface area contributed by atoms with E-state index in [-0.39, 0.29) is 0 Å². The lowest BCUT2D eigenvalue weighted by Crippen LogP contribution is -1.83. The van der Waals surface area contributed by atoms with Crippen LogP contribution >= 0.6 is 0 Å². The van der Waals surface area contributed by atoms with Gasteiger partial charge in [-0.25, -0.2) is 0 Å². The van der Waals surface area contributed by atoms with Crippen LogP contribution in [0.4, 0.5) is 0 Å². The van der Waals surface area contributed by atoms with Crippen LogP contribution in [0, 0.1) is 6.92 Å². The van der Waals surface area contributed by atoms with Crippen molar-refractivity contribution in [2.45, 2.75) is 96.3 Å². The summed E-state index contributed by atoms with van der Waals surface area (Å²) in [6.07, 6.45) is 22.9. The molecule has 0 heterocycles. The van der Waals surface area contributed by atoms with Gasteiger partial charge in [0, 0.05) is 0 Å². The molecule has 0 aromatic heterocycles. The average molecular weight is 251 g/mol. The Balaban J connectivity index is 2.88. The van der Waals surface area contributed by atoms with Crippen LogP contribution in [0.25, 0.3) is 0 Å². The fourth-order valence-corrected chi connectivity index (χ4v) is 2.41. The second-order valence-corrected chi connectivity index (χ2v) is 5.53. The molecule has 0 fully saturated rings. The normalized spacial score (nSPS) is 10.7. The first-order valence-corrected chi connectivity index (χ1v) is 8.32. The van der Waals surface area contributed by atoms with E-state index in [1.165, 1.54) is 89.9 Å². The van der Waals surface area contributed by atoms with Crippen LogP contribution in [0.2, 0.25) is 0 Å². The molecule has 0 aliphatic carbocycles. The third-order valence-electron chi connectivity index (χ3n) is 3.66. The first-order chi connectivity index (χ1) is 8.91. The highest BCUT2D eigenvalue weighted by Crippen LogP contribution is 2.13. The molecular formula is C18H35. The molecule has 1 radical (unpaired) electrons. The maximum absolute atomic E-state index is 3.88. The van der Waals surface area contributed by atoms with Crippen molar-refractivity contribution < 1.29 is 0 Å². The SMILES string of the molecule is [CH2]CCCCCCCCCCCCCCCC=C. The quantitative estimate of drug-likeness (QED) is 0.220. The van der Waals surface area contributed by atoms with Crippen LogP contribution in [0.15, 0.2) is 12.7 Å². The highest BCUT2D eigenvalue weighted by Gasteiger charge is 1.93. The molecule has 0 N–H and O–H groups in total. The largest absolute Gasteiger partial charge is 0.103 e. The third kappa shape index (κ3) is 15.7. The third-order valence-corrected chi connectivity index (χ3v) is 3.66. The number of hydrogen-bond donors (Lipinski definition) is 0. The zero-order chi connectivity index (χ0) is 13.3. The first kappa shape index (κ1) is 17.7. The standard InChI is InChI=1S/C18H35/c1-3-5-7-9-11-13-15-17-18-16-14-12-10-8-6-4-2/h3H,1-2,4-18H2. The van der Waals surface area contributed by atoms with Crippen molar-refractivity contribution in [3.8, 4) is 0 Å². The Kier molecular flexibility index (Phi) is 16.5. The van der Waals surface area contributed by atoms with E-state index >= 15 is 0 Å². The van der Waals surface area contributed by atoms with Gasteiger partial charge in [-0.2, -0.15) is 0 Å². The van der Waals surface area contributed by atoms with E-state index in [4.69, 9.17) is 0 Å². The van der Waals surface area contributed by atoms with Gasteiger partial charge in [-0.15, -0.1) is 6.58 Å². The Morgan fingerprint density at radius 1 is 0.500 bits per heavy atom. The van der Waals surface area contributed by atoms with Gasteiger partial charge in [0.2, 0.25) is 0 Å². The second-order valence-electron chi connectivity index (χ2n) is 5.53. The minimum Gasteiger partial charge on any atom is -0.103 e. The molecule has 0 bridgehead atoms. The molecule has 0 unspecified atom stereocenters. The van der Waals surface area contributed by atoms with Crippen LogP contribution in [-0.2, 0) is 0 Å².